The molecule has 1 aromatic rings. The summed E-state index contributed by atoms with van der Waals surface area (Å²) in [4.78, 5) is 27.0. The number of thiazole rings is 1. The molecule has 15 heavy (non-hydrogen) atoms. The summed E-state index contributed by atoms with van der Waals surface area (Å²) in [6.07, 6.45) is 0. The van der Waals surface area contributed by atoms with Gasteiger partial charge in [0.1, 0.15) is 4.88 Å². The zero-order chi connectivity index (χ0) is 11.4. The quantitative estimate of drug-likeness (QED) is 0.625. The molecule has 82 valence electrons. The van der Waals surface area contributed by atoms with E-state index in [1.54, 1.807) is 14.0 Å². The molecule has 5 nitrogen and oxygen atoms in total. The number of ether oxygens (including phenoxy) is 1. The van der Waals surface area contributed by atoms with E-state index in [2.05, 4.69) is 10.3 Å². The van der Waals surface area contributed by atoms with Crippen LogP contribution in [0.2, 0.25) is 0 Å². The van der Waals surface area contributed by atoms with Crippen molar-refractivity contribution in [1.29, 1.82) is 0 Å². The predicted octanol–water partition coefficient (Wildman–Crippen LogP) is 1.56. The van der Waals surface area contributed by atoms with Crippen LogP contribution >= 0.6 is 11.3 Å². The highest BCUT2D eigenvalue weighted by Gasteiger charge is 2.21. The number of nitrogens with zero attached hydrogens (tertiary/aromatic N) is 1. The number of esters is 1. The zero-order valence-electron chi connectivity index (χ0n) is 8.79. The number of hydrogen-bond acceptors (Lipinski definition) is 6. The number of hydrogen-bond donors (Lipinski definition) is 1. The van der Waals surface area contributed by atoms with E-state index in [1.807, 2.05) is 0 Å². The van der Waals surface area contributed by atoms with Gasteiger partial charge in [0.15, 0.2) is 16.6 Å². The van der Waals surface area contributed by atoms with Crippen molar-refractivity contribution in [2.45, 2.75) is 13.8 Å². The Morgan fingerprint density at radius 3 is 2.67 bits per heavy atom. The minimum Gasteiger partial charge on any atom is -0.461 e. The first kappa shape index (κ1) is 11.6. The van der Waals surface area contributed by atoms with Gasteiger partial charge >= 0.3 is 5.97 Å². The van der Waals surface area contributed by atoms with Crippen LogP contribution in [0.1, 0.15) is 34.0 Å². The van der Waals surface area contributed by atoms with E-state index in [9.17, 15) is 9.59 Å². The number of anilines is 1. The number of carbonyl (C=O) groups is 2. The molecular weight excluding hydrogens is 216 g/mol. The number of aromatic nitrogens is 1. The molecule has 0 atom stereocenters. The summed E-state index contributed by atoms with van der Waals surface area (Å²) in [7, 11) is 1.68. The van der Waals surface area contributed by atoms with Crippen molar-refractivity contribution in [2.75, 3.05) is 19.0 Å². The average Bonchev–Trinajstić information content (AvgIpc) is 2.61. The van der Waals surface area contributed by atoms with Crippen molar-refractivity contribution >= 4 is 28.2 Å². The Morgan fingerprint density at radius 2 is 2.20 bits per heavy atom. The first-order valence-electron chi connectivity index (χ1n) is 4.46. The minimum absolute atomic E-state index is 0.0960. The van der Waals surface area contributed by atoms with Gasteiger partial charge in [0.05, 0.1) is 6.61 Å². The van der Waals surface area contributed by atoms with E-state index in [0.29, 0.717) is 10.0 Å². The highest BCUT2D eigenvalue weighted by Crippen LogP contribution is 2.23. The monoisotopic (exact) mass is 228 g/mol. The van der Waals surface area contributed by atoms with Gasteiger partial charge in [-0.15, -0.1) is 0 Å². The standard InChI is InChI=1S/C9H12N2O3S/c1-4-14-8(13)6-7(5(2)12)15-9(10-3)11-6/h4H2,1-3H3,(H,10,11). The molecule has 0 spiro atoms. The molecule has 1 N–H and O–H groups in total. The summed E-state index contributed by atoms with van der Waals surface area (Å²) >= 11 is 1.15. The Balaban J connectivity index is 3.09. The summed E-state index contributed by atoms with van der Waals surface area (Å²) in [5, 5.41) is 3.32. The SMILES string of the molecule is CCOC(=O)c1nc(NC)sc1C(C)=O. The van der Waals surface area contributed by atoms with Gasteiger partial charge in [-0.3, -0.25) is 4.79 Å². The number of ketones is 1. The minimum atomic E-state index is -0.555. The highest BCUT2D eigenvalue weighted by atomic mass is 32.1. The van der Waals surface area contributed by atoms with Crippen LogP contribution in [-0.4, -0.2) is 30.4 Å². The van der Waals surface area contributed by atoms with Crippen LogP contribution in [0.4, 0.5) is 5.13 Å². The van der Waals surface area contributed by atoms with Crippen molar-refractivity contribution < 1.29 is 14.3 Å². The van der Waals surface area contributed by atoms with Crippen LogP contribution in [0.5, 0.6) is 0 Å². The van der Waals surface area contributed by atoms with E-state index < -0.39 is 5.97 Å². The molecule has 0 unspecified atom stereocenters. The molecule has 1 aromatic heterocycles. The highest BCUT2D eigenvalue weighted by molar-refractivity contribution is 7.17. The predicted molar refractivity (Wildman–Crippen MR) is 57.6 cm³/mol. The number of Topliss-reactive ketones (excluding diaryl/α,β-unsaturated/α-hetero) is 1. The van der Waals surface area contributed by atoms with Gasteiger partial charge in [0.25, 0.3) is 0 Å². The summed E-state index contributed by atoms with van der Waals surface area (Å²) in [6, 6.07) is 0. The second kappa shape index (κ2) is 4.88. The van der Waals surface area contributed by atoms with E-state index in [4.69, 9.17) is 4.74 Å². The van der Waals surface area contributed by atoms with Crippen LogP contribution in [-0.2, 0) is 4.74 Å². The molecule has 0 radical (unpaired) electrons. The Hall–Kier alpha value is -1.43. The molecular formula is C9H12N2O3S. The van der Waals surface area contributed by atoms with Gasteiger partial charge in [-0.2, -0.15) is 0 Å². The number of carbonyl (C=O) groups excluding carboxylic acids is 2. The zero-order valence-corrected chi connectivity index (χ0v) is 9.60. The maximum absolute atomic E-state index is 11.4. The van der Waals surface area contributed by atoms with Crippen molar-refractivity contribution in [3.05, 3.63) is 10.6 Å². The molecule has 1 rings (SSSR count). The Labute approximate surface area is 91.5 Å². The van der Waals surface area contributed by atoms with Crippen LogP contribution in [0.3, 0.4) is 0 Å². The average molecular weight is 228 g/mol. The van der Waals surface area contributed by atoms with E-state index >= 15 is 0 Å². The van der Waals surface area contributed by atoms with Gasteiger partial charge < -0.3 is 10.1 Å². The fourth-order valence-corrected chi connectivity index (χ4v) is 1.81. The molecule has 0 fully saturated rings. The summed E-state index contributed by atoms with van der Waals surface area (Å²) < 4.78 is 4.80. The van der Waals surface area contributed by atoms with Crippen LogP contribution in [0.25, 0.3) is 0 Å². The third-order valence-electron chi connectivity index (χ3n) is 1.63. The largest absolute Gasteiger partial charge is 0.461 e. The van der Waals surface area contributed by atoms with Crippen molar-refractivity contribution in [1.82, 2.24) is 4.98 Å². The molecule has 0 aliphatic heterocycles. The van der Waals surface area contributed by atoms with Gasteiger partial charge in [0.2, 0.25) is 0 Å². The molecule has 0 saturated heterocycles. The summed E-state index contributed by atoms with van der Waals surface area (Å²) in [6.45, 7) is 3.37. The molecule has 6 heteroatoms. The van der Waals surface area contributed by atoms with E-state index in [1.165, 1.54) is 6.92 Å². The molecule has 1 heterocycles. The number of nitrogens with one attached hydrogen (secondary N) is 1. The third-order valence-corrected chi connectivity index (χ3v) is 2.80. The second-order valence-corrected chi connectivity index (χ2v) is 3.72. The smallest absolute Gasteiger partial charge is 0.358 e. The first-order valence-corrected chi connectivity index (χ1v) is 5.28. The molecule has 0 aliphatic carbocycles. The van der Waals surface area contributed by atoms with Gasteiger partial charge in [-0.1, -0.05) is 11.3 Å². The van der Waals surface area contributed by atoms with Crippen molar-refractivity contribution in [3.63, 3.8) is 0 Å². The molecule has 0 aliphatic rings. The van der Waals surface area contributed by atoms with Crippen molar-refractivity contribution in [2.24, 2.45) is 0 Å². The lowest BCUT2D eigenvalue weighted by Crippen LogP contribution is -2.09. The molecule has 0 aromatic carbocycles. The van der Waals surface area contributed by atoms with Crippen molar-refractivity contribution in [3.8, 4) is 0 Å². The lowest BCUT2D eigenvalue weighted by atomic mass is 10.3. The second-order valence-electron chi connectivity index (χ2n) is 2.72. The number of rotatable bonds is 4. The maximum Gasteiger partial charge on any atom is 0.358 e. The third kappa shape index (κ3) is 2.53. The van der Waals surface area contributed by atoms with Gasteiger partial charge in [-0.25, -0.2) is 9.78 Å². The van der Waals surface area contributed by atoms with Crippen LogP contribution in [0, 0.1) is 0 Å². The fourth-order valence-electron chi connectivity index (χ4n) is 1.00. The molecule has 0 saturated carbocycles. The lowest BCUT2D eigenvalue weighted by Gasteiger charge is -1.98. The first-order chi connectivity index (χ1) is 7.10. The Morgan fingerprint density at radius 1 is 1.53 bits per heavy atom. The van der Waals surface area contributed by atoms with Gasteiger partial charge in [0, 0.05) is 14.0 Å². The topological polar surface area (TPSA) is 68.3 Å². The van der Waals surface area contributed by atoms with Gasteiger partial charge in [-0.05, 0) is 6.92 Å². The molecule has 0 bridgehead atoms. The van der Waals surface area contributed by atoms with E-state index in [0.717, 1.165) is 11.3 Å². The van der Waals surface area contributed by atoms with Crippen LogP contribution in [0.15, 0.2) is 0 Å². The Bertz CT molecular complexity index is 387. The maximum atomic E-state index is 11.4. The Kier molecular flexibility index (Phi) is 3.79. The molecule has 0 amide bonds. The fraction of sp³-hybridized carbons (Fsp3) is 0.444. The van der Waals surface area contributed by atoms with Crippen LogP contribution < -0.4 is 5.32 Å². The summed E-state index contributed by atoms with van der Waals surface area (Å²) in [5.41, 5.74) is 0.0960. The lowest BCUT2D eigenvalue weighted by molar-refractivity contribution is 0.0517. The normalized spacial score (nSPS) is 9.80. The summed E-state index contributed by atoms with van der Waals surface area (Å²) in [5.74, 6) is -0.738. The van der Waals surface area contributed by atoms with E-state index in [-0.39, 0.29) is 18.1 Å².